The van der Waals surface area contributed by atoms with Crippen molar-refractivity contribution in [2.75, 3.05) is 19.6 Å². The Balaban J connectivity index is 1.31. The Bertz CT molecular complexity index is 554. The van der Waals surface area contributed by atoms with E-state index in [2.05, 4.69) is 15.7 Å². The Hall–Kier alpha value is -2.05. The molecule has 1 aromatic heterocycles. The zero-order valence-electron chi connectivity index (χ0n) is 14.8. The molecule has 0 bridgehead atoms. The maximum Gasteiger partial charge on any atom is 0.315 e. The van der Waals surface area contributed by atoms with Crippen LogP contribution in [0, 0.1) is 5.92 Å². The molecule has 25 heavy (non-hydrogen) atoms. The zero-order valence-corrected chi connectivity index (χ0v) is 14.8. The van der Waals surface area contributed by atoms with E-state index in [4.69, 9.17) is 0 Å². The standard InChI is InChI=1S/C18H29N5O2/c24-17(15-6-2-1-3-7-15)22-13-8-16(14-22)21-18(25)19-9-4-11-23-12-5-10-20-23/h5,10,12,15-16H,1-4,6-9,11,13-14H2,(H2,19,21,25). The fourth-order valence-electron chi connectivity index (χ4n) is 3.80. The van der Waals surface area contributed by atoms with E-state index in [1.54, 1.807) is 6.20 Å². The number of rotatable bonds is 6. The van der Waals surface area contributed by atoms with Gasteiger partial charge in [0, 0.05) is 50.5 Å². The average molecular weight is 347 g/mol. The quantitative estimate of drug-likeness (QED) is 0.770. The van der Waals surface area contributed by atoms with E-state index in [1.165, 1.54) is 19.3 Å². The molecule has 2 heterocycles. The van der Waals surface area contributed by atoms with Gasteiger partial charge >= 0.3 is 6.03 Å². The summed E-state index contributed by atoms with van der Waals surface area (Å²) in [6.45, 7) is 2.82. The van der Waals surface area contributed by atoms with E-state index < -0.39 is 0 Å². The van der Waals surface area contributed by atoms with Crippen molar-refractivity contribution < 1.29 is 9.59 Å². The first-order chi connectivity index (χ1) is 12.2. The zero-order chi connectivity index (χ0) is 17.5. The lowest BCUT2D eigenvalue weighted by Gasteiger charge is -2.26. The summed E-state index contributed by atoms with van der Waals surface area (Å²) >= 11 is 0. The highest BCUT2D eigenvalue weighted by atomic mass is 16.2. The monoisotopic (exact) mass is 347 g/mol. The van der Waals surface area contributed by atoms with E-state index in [1.807, 2.05) is 21.8 Å². The first kappa shape index (κ1) is 17.8. The van der Waals surface area contributed by atoms with E-state index >= 15 is 0 Å². The van der Waals surface area contributed by atoms with E-state index in [0.29, 0.717) is 19.0 Å². The predicted molar refractivity (Wildman–Crippen MR) is 94.9 cm³/mol. The molecule has 0 radical (unpaired) electrons. The summed E-state index contributed by atoms with van der Waals surface area (Å²) in [5.74, 6) is 0.507. The minimum atomic E-state index is -0.141. The van der Waals surface area contributed by atoms with Gasteiger partial charge in [0.15, 0.2) is 0 Å². The van der Waals surface area contributed by atoms with Crippen molar-refractivity contribution in [3.05, 3.63) is 18.5 Å². The molecule has 138 valence electrons. The van der Waals surface area contributed by atoms with Crippen LogP contribution in [0.5, 0.6) is 0 Å². The minimum absolute atomic E-state index is 0.0682. The smallest absolute Gasteiger partial charge is 0.315 e. The molecule has 2 fully saturated rings. The number of carbonyl (C=O) groups is 2. The van der Waals surface area contributed by atoms with Crippen molar-refractivity contribution in [2.45, 2.75) is 57.5 Å². The molecule has 3 rings (SSSR count). The molecular weight excluding hydrogens is 318 g/mol. The van der Waals surface area contributed by atoms with Gasteiger partial charge in [0.25, 0.3) is 0 Å². The lowest BCUT2D eigenvalue weighted by molar-refractivity contribution is -0.135. The number of amides is 3. The molecule has 2 N–H and O–H groups in total. The fourth-order valence-corrected chi connectivity index (χ4v) is 3.80. The normalized spacial score (nSPS) is 21.3. The summed E-state index contributed by atoms with van der Waals surface area (Å²) < 4.78 is 1.85. The number of likely N-dealkylation sites (tertiary alicyclic amines) is 1. The second-order valence-corrected chi connectivity index (χ2v) is 7.13. The van der Waals surface area contributed by atoms with Crippen LogP contribution in [0.15, 0.2) is 18.5 Å². The number of hydrogen-bond acceptors (Lipinski definition) is 3. The van der Waals surface area contributed by atoms with Crippen LogP contribution in [0.3, 0.4) is 0 Å². The number of carbonyl (C=O) groups excluding carboxylic acids is 2. The van der Waals surface area contributed by atoms with Gasteiger partial charge < -0.3 is 15.5 Å². The van der Waals surface area contributed by atoms with Gasteiger partial charge in [0.2, 0.25) is 5.91 Å². The Morgan fingerprint density at radius 1 is 1.16 bits per heavy atom. The van der Waals surface area contributed by atoms with E-state index in [0.717, 1.165) is 38.8 Å². The number of hydrogen-bond donors (Lipinski definition) is 2. The molecular formula is C18H29N5O2. The third kappa shape index (κ3) is 5.21. The predicted octanol–water partition coefficient (Wildman–Crippen LogP) is 1.75. The molecule has 1 aromatic rings. The highest BCUT2D eigenvalue weighted by Gasteiger charge is 2.31. The molecule has 1 atom stereocenters. The van der Waals surface area contributed by atoms with Crippen LogP contribution in [0.2, 0.25) is 0 Å². The summed E-state index contributed by atoms with van der Waals surface area (Å²) in [4.78, 5) is 26.5. The van der Waals surface area contributed by atoms with Gasteiger partial charge in [-0.3, -0.25) is 9.48 Å². The molecule has 7 heteroatoms. The van der Waals surface area contributed by atoms with E-state index in [9.17, 15) is 9.59 Å². The molecule has 1 aliphatic carbocycles. The summed E-state index contributed by atoms with van der Waals surface area (Å²) in [6.07, 6.45) is 11.0. The Labute approximate surface area is 149 Å². The van der Waals surface area contributed by atoms with E-state index in [-0.39, 0.29) is 18.0 Å². The highest BCUT2D eigenvalue weighted by Crippen LogP contribution is 2.26. The molecule has 1 unspecified atom stereocenters. The topological polar surface area (TPSA) is 79.3 Å². The van der Waals surface area contributed by atoms with Crippen molar-refractivity contribution in [2.24, 2.45) is 5.92 Å². The van der Waals surface area contributed by atoms with Crippen LogP contribution in [-0.2, 0) is 11.3 Å². The van der Waals surface area contributed by atoms with Crippen LogP contribution in [-0.4, -0.2) is 52.3 Å². The maximum atomic E-state index is 12.5. The third-order valence-electron chi connectivity index (χ3n) is 5.20. The Morgan fingerprint density at radius 3 is 2.76 bits per heavy atom. The van der Waals surface area contributed by atoms with Gasteiger partial charge in [-0.05, 0) is 31.7 Å². The maximum absolute atomic E-state index is 12.5. The summed E-state index contributed by atoms with van der Waals surface area (Å²) in [7, 11) is 0. The summed E-state index contributed by atoms with van der Waals surface area (Å²) in [6, 6.07) is 1.82. The molecule has 1 saturated carbocycles. The van der Waals surface area contributed by atoms with Crippen LogP contribution < -0.4 is 10.6 Å². The molecule has 1 aliphatic heterocycles. The molecule has 1 saturated heterocycles. The molecule has 3 amide bonds. The number of aromatic nitrogens is 2. The number of nitrogens with one attached hydrogen (secondary N) is 2. The first-order valence-corrected chi connectivity index (χ1v) is 9.53. The van der Waals surface area contributed by atoms with Crippen LogP contribution in [0.4, 0.5) is 4.79 Å². The number of urea groups is 1. The molecule has 0 aromatic carbocycles. The number of aryl methyl sites for hydroxylation is 1. The minimum Gasteiger partial charge on any atom is -0.340 e. The summed E-state index contributed by atoms with van der Waals surface area (Å²) in [5.41, 5.74) is 0. The van der Waals surface area contributed by atoms with Crippen LogP contribution in [0.1, 0.15) is 44.9 Å². The van der Waals surface area contributed by atoms with Crippen LogP contribution >= 0.6 is 0 Å². The van der Waals surface area contributed by atoms with Gasteiger partial charge in [-0.15, -0.1) is 0 Å². The van der Waals surface area contributed by atoms with Crippen molar-refractivity contribution in [3.63, 3.8) is 0 Å². The SMILES string of the molecule is O=C(NCCCn1cccn1)NC1CCN(C(=O)C2CCCCC2)C1. The largest absolute Gasteiger partial charge is 0.340 e. The number of nitrogens with zero attached hydrogens (tertiary/aromatic N) is 3. The third-order valence-corrected chi connectivity index (χ3v) is 5.20. The van der Waals surface area contributed by atoms with Crippen LogP contribution in [0.25, 0.3) is 0 Å². The second kappa shape index (κ2) is 8.87. The van der Waals surface area contributed by atoms with Gasteiger partial charge in [-0.2, -0.15) is 5.10 Å². The van der Waals surface area contributed by atoms with Gasteiger partial charge in [-0.1, -0.05) is 19.3 Å². The lowest BCUT2D eigenvalue weighted by Crippen LogP contribution is -2.44. The molecule has 2 aliphatic rings. The fraction of sp³-hybridized carbons (Fsp3) is 0.722. The highest BCUT2D eigenvalue weighted by molar-refractivity contribution is 5.79. The molecule has 0 spiro atoms. The second-order valence-electron chi connectivity index (χ2n) is 7.13. The van der Waals surface area contributed by atoms with Gasteiger partial charge in [-0.25, -0.2) is 4.79 Å². The lowest BCUT2D eigenvalue weighted by atomic mass is 9.88. The molecule has 7 nitrogen and oxygen atoms in total. The summed E-state index contributed by atoms with van der Waals surface area (Å²) in [5, 5.41) is 10.0. The van der Waals surface area contributed by atoms with Gasteiger partial charge in [0.1, 0.15) is 0 Å². The van der Waals surface area contributed by atoms with Crippen molar-refractivity contribution in [1.82, 2.24) is 25.3 Å². The Morgan fingerprint density at radius 2 is 2.00 bits per heavy atom. The Kier molecular flexibility index (Phi) is 6.30. The average Bonchev–Trinajstić information content (AvgIpc) is 3.31. The van der Waals surface area contributed by atoms with Crippen molar-refractivity contribution in [3.8, 4) is 0 Å². The first-order valence-electron chi connectivity index (χ1n) is 9.53. The van der Waals surface area contributed by atoms with Gasteiger partial charge in [0.05, 0.1) is 0 Å². The van der Waals surface area contributed by atoms with Crippen molar-refractivity contribution in [1.29, 1.82) is 0 Å². The van der Waals surface area contributed by atoms with Crippen molar-refractivity contribution >= 4 is 11.9 Å².